The summed E-state index contributed by atoms with van der Waals surface area (Å²) in [6.45, 7) is 6.05. The Morgan fingerprint density at radius 1 is 1.05 bits per heavy atom. The van der Waals surface area contributed by atoms with Crippen molar-refractivity contribution in [3.05, 3.63) is 0 Å². The Kier molecular flexibility index (Phi) is 4.19. The van der Waals surface area contributed by atoms with Crippen LogP contribution in [0, 0.1) is 0 Å². The Morgan fingerprint density at radius 2 is 1.68 bits per heavy atom. The molecule has 0 aromatic rings. The van der Waals surface area contributed by atoms with Crippen molar-refractivity contribution >= 4 is 0 Å². The molecule has 0 spiro atoms. The van der Waals surface area contributed by atoms with Crippen LogP contribution in [0.1, 0.15) is 78.1 Å². The van der Waals surface area contributed by atoms with E-state index >= 15 is 0 Å². The van der Waals surface area contributed by atoms with E-state index in [0.29, 0.717) is 5.54 Å². The van der Waals surface area contributed by atoms with Gasteiger partial charge in [0.1, 0.15) is 0 Å². The van der Waals surface area contributed by atoms with E-state index in [1.54, 1.807) is 0 Å². The maximum atomic E-state index is 3.78. The fourth-order valence-corrected chi connectivity index (χ4v) is 5.15. The molecule has 19 heavy (non-hydrogen) atoms. The molecule has 3 rings (SSSR count). The zero-order valence-corrected chi connectivity index (χ0v) is 13.0. The minimum Gasteiger partial charge on any atom is -0.314 e. The lowest BCUT2D eigenvalue weighted by molar-refractivity contribution is -0.0117. The van der Waals surface area contributed by atoms with Crippen LogP contribution in [0.4, 0.5) is 0 Å². The lowest BCUT2D eigenvalue weighted by Crippen LogP contribution is -2.59. The second-order valence-corrected chi connectivity index (χ2v) is 7.47. The average Bonchev–Trinajstić information content (AvgIpc) is 2.70. The quantitative estimate of drug-likeness (QED) is 0.833. The van der Waals surface area contributed by atoms with E-state index in [-0.39, 0.29) is 0 Å². The fraction of sp³-hybridized carbons (Fsp3) is 1.00. The molecule has 3 fully saturated rings. The van der Waals surface area contributed by atoms with Gasteiger partial charge in [0.2, 0.25) is 0 Å². The van der Waals surface area contributed by atoms with Gasteiger partial charge in [-0.25, -0.2) is 0 Å². The summed E-state index contributed by atoms with van der Waals surface area (Å²) in [6.07, 6.45) is 14.3. The van der Waals surface area contributed by atoms with Crippen LogP contribution in [0.5, 0.6) is 0 Å². The van der Waals surface area contributed by atoms with Crippen LogP contribution < -0.4 is 5.32 Å². The smallest absolute Gasteiger partial charge is 0.0187 e. The third kappa shape index (κ3) is 2.71. The molecular formula is C17H32N2. The van der Waals surface area contributed by atoms with Gasteiger partial charge >= 0.3 is 0 Å². The molecule has 2 unspecified atom stereocenters. The Balaban J connectivity index is 1.65. The maximum Gasteiger partial charge on any atom is 0.0187 e. The van der Waals surface area contributed by atoms with Gasteiger partial charge in [0.05, 0.1) is 0 Å². The van der Waals surface area contributed by atoms with Gasteiger partial charge in [0, 0.05) is 23.7 Å². The SMILES string of the molecule is CCCNC1CC2CCC(C1)N2C1(C)CCCCC1. The highest BCUT2D eigenvalue weighted by Crippen LogP contribution is 2.45. The second-order valence-electron chi connectivity index (χ2n) is 7.47. The summed E-state index contributed by atoms with van der Waals surface area (Å²) in [4.78, 5) is 2.98. The van der Waals surface area contributed by atoms with Crippen LogP contribution in [0.3, 0.4) is 0 Å². The summed E-state index contributed by atoms with van der Waals surface area (Å²) < 4.78 is 0. The first-order chi connectivity index (χ1) is 9.23. The number of fused-ring (bicyclic) bond motifs is 2. The first kappa shape index (κ1) is 13.9. The van der Waals surface area contributed by atoms with Gasteiger partial charge in [0.25, 0.3) is 0 Å². The van der Waals surface area contributed by atoms with E-state index in [1.807, 2.05) is 0 Å². The van der Waals surface area contributed by atoms with Crippen molar-refractivity contribution < 1.29 is 0 Å². The molecule has 2 aliphatic heterocycles. The molecular weight excluding hydrogens is 232 g/mol. The normalized spacial score (nSPS) is 38.5. The van der Waals surface area contributed by atoms with E-state index < -0.39 is 0 Å². The first-order valence-electron chi connectivity index (χ1n) is 8.75. The van der Waals surface area contributed by atoms with E-state index in [2.05, 4.69) is 24.1 Å². The molecule has 1 aliphatic carbocycles. The number of hydrogen-bond donors (Lipinski definition) is 1. The molecule has 0 amide bonds. The minimum atomic E-state index is 0.541. The molecule has 0 aromatic heterocycles. The van der Waals surface area contributed by atoms with Crippen LogP contribution in [-0.4, -0.2) is 35.1 Å². The third-order valence-electron chi connectivity index (χ3n) is 5.97. The molecule has 1 N–H and O–H groups in total. The van der Waals surface area contributed by atoms with Crippen LogP contribution in [0.2, 0.25) is 0 Å². The Hall–Kier alpha value is -0.0800. The van der Waals surface area contributed by atoms with Gasteiger partial charge in [-0.05, 0) is 58.4 Å². The first-order valence-corrected chi connectivity index (χ1v) is 8.75. The number of hydrogen-bond acceptors (Lipinski definition) is 2. The molecule has 0 aromatic carbocycles. The van der Waals surface area contributed by atoms with E-state index in [0.717, 1.165) is 18.1 Å². The number of piperidine rings is 1. The fourth-order valence-electron chi connectivity index (χ4n) is 5.15. The zero-order chi connectivity index (χ0) is 13.3. The molecule has 2 bridgehead atoms. The monoisotopic (exact) mass is 264 g/mol. The van der Waals surface area contributed by atoms with E-state index in [9.17, 15) is 0 Å². The van der Waals surface area contributed by atoms with Gasteiger partial charge < -0.3 is 5.32 Å². The summed E-state index contributed by atoms with van der Waals surface area (Å²) in [7, 11) is 0. The summed E-state index contributed by atoms with van der Waals surface area (Å²) in [5.41, 5.74) is 0.541. The highest BCUT2D eigenvalue weighted by molar-refractivity contribution is 5.05. The predicted octanol–water partition coefficient (Wildman–Crippen LogP) is 3.70. The summed E-state index contributed by atoms with van der Waals surface area (Å²) in [5, 5.41) is 3.78. The third-order valence-corrected chi connectivity index (χ3v) is 5.97. The number of rotatable bonds is 4. The van der Waals surface area contributed by atoms with Crippen LogP contribution in [0.25, 0.3) is 0 Å². The van der Waals surface area contributed by atoms with Crippen molar-refractivity contribution in [2.75, 3.05) is 6.54 Å². The Labute approximate surface area is 119 Å². The number of nitrogens with zero attached hydrogens (tertiary/aromatic N) is 1. The highest BCUT2D eigenvalue weighted by Gasteiger charge is 2.48. The van der Waals surface area contributed by atoms with Crippen molar-refractivity contribution in [3.63, 3.8) is 0 Å². The standard InChI is InChI=1S/C17H32N2/c1-3-11-18-14-12-15-7-8-16(13-14)19(15)17(2)9-5-4-6-10-17/h14-16,18H,3-13H2,1-2H3. The maximum absolute atomic E-state index is 3.78. The van der Waals surface area contributed by atoms with Gasteiger partial charge in [-0.3, -0.25) is 4.90 Å². The molecule has 2 heterocycles. The van der Waals surface area contributed by atoms with Crippen molar-refractivity contribution in [2.45, 2.75) is 102 Å². The van der Waals surface area contributed by atoms with Crippen molar-refractivity contribution in [1.82, 2.24) is 10.2 Å². The molecule has 2 heteroatoms. The van der Waals surface area contributed by atoms with E-state index in [4.69, 9.17) is 0 Å². The second kappa shape index (κ2) is 5.73. The predicted molar refractivity (Wildman–Crippen MR) is 81.5 cm³/mol. The van der Waals surface area contributed by atoms with Crippen LogP contribution in [-0.2, 0) is 0 Å². The molecule has 110 valence electrons. The van der Waals surface area contributed by atoms with Crippen molar-refractivity contribution in [3.8, 4) is 0 Å². The molecule has 2 atom stereocenters. The lowest BCUT2D eigenvalue weighted by Gasteiger charge is -2.51. The Bertz CT molecular complexity index is 282. The molecule has 1 saturated carbocycles. The number of nitrogens with one attached hydrogen (secondary N) is 1. The molecule has 2 nitrogen and oxygen atoms in total. The zero-order valence-electron chi connectivity index (χ0n) is 13.0. The Morgan fingerprint density at radius 3 is 2.26 bits per heavy atom. The van der Waals surface area contributed by atoms with Crippen molar-refractivity contribution in [1.29, 1.82) is 0 Å². The topological polar surface area (TPSA) is 15.3 Å². The van der Waals surface area contributed by atoms with Crippen LogP contribution in [0.15, 0.2) is 0 Å². The van der Waals surface area contributed by atoms with Crippen molar-refractivity contribution in [2.24, 2.45) is 0 Å². The molecule has 2 saturated heterocycles. The molecule has 3 aliphatic rings. The van der Waals surface area contributed by atoms with Crippen LogP contribution >= 0.6 is 0 Å². The summed E-state index contributed by atoms with van der Waals surface area (Å²) in [5.74, 6) is 0. The van der Waals surface area contributed by atoms with Gasteiger partial charge in [-0.15, -0.1) is 0 Å². The van der Waals surface area contributed by atoms with E-state index in [1.165, 1.54) is 70.8 Å². The summed E-state index contributed by atoms with van der Waals surface area (Å²) in [6, 6.07) is 2.58. The van der Waals surface area contributed by atoms with Gasteiger partial charge in [-0.2, -0.15) is 0 Å². The lowest BCUT2D eigenvalue weighted by atomic mass is 9.79. The minimum absolute atomic E-state index is 0.541. The average molecular weight is 264 g/mol. The highest BCUT2D eigenvalue weighted by atomic mass is 15.3. The summed E-state index contributed by atoms with van der Waals surface area (Å²) >= 11 is 0. The molecule has 0 radical (unpaired) electrons. The van der Waals surface area contributed by atoms with Gasteiger partial charge in [0.15, 0.2) is 0 Å². The van der Waals surface area contributed by atoms with Gasteiger partial charge in [-0.1, -0.05) is 26.2 Å². The largest absolute Gasteiger partial charge is 0.314 e.